The summed E-state index contributed by atoms with van der Waals surface area (Å²) in [5.74, 6) is -2.72. The lowest BCUT2D eigenvalue weighted by Gasteiger charge is -2.26. The van der Waals surface area contributed by atoms with Crippen molar-refractivity contribution in [2.75, 3.05) is 0 Å². The summed E-state index contributed by atoms with van der Waals surface area (Å²) in [4.78, 5) is 49.4. The first kappa shape index (κ1) is 35.7. The van der Waals surface area contributed by atoms with Crippen LogP contribution in [0.3, 0.4) is 0 Å². The van der Waals surface area contributed by atoms with Crippen LogP contribution in [0.25, 0.3) is 0 Å². The SMILES string of the molecule is CCC(C)CC(=O)OC(C)CC(c1ccc(OC(=O)OC(C)(C)CC)c(OC(=O)OC(C)(C)CC)c1)[C@H](N)C(=O)O. The molecule has 4 atom stereocenters. The molecule has 11 nitrogen and oxygen atoms in total. The molecule has 0 heterocycles. The summed E-state index contributed by atoms with van der Waals surface area (Å²) in [6, 6.07) is 2.83. The monoisotopic (exact) mass is 581 g/mol. The van der Waals surface area contributed by atoms with Crippen molar-refractivity contribution in [2.45, 2.75) is 124 Å². The third kappa shape index (κ3) is 12.4. The lowest BCUT2D eigenvalue weighted by atomic mass is 9.87. The highest BCUT2D eigenvalue weighted by Crippen LogP contribution is 2.35. The van der Waals surface area contributed by atoms with E-state index in [1.165, 1.54) is 18.2 Å². The fourth-order valence-electron chi connectivity index (χ4n) is 3.51. The Balaban J connectivity index is 3.40. The highest BCUT2D eigenvalue weighted by Gasteiger charge is 2.31. The number of rotatable bonds is 15. The second-order valence-electron chi connectivity index (χ2n) is 11.6. The van der Waals surface area contributed by atoms with Crippen LogP contribution in [-0.2, 0) is 23.8 Å². The molecular weight excluding hydrogens is 534 g/mol. The van der Waals surface area contributed by atoms with Crippen LogP contribution in [0.5, 0.6) is 11.5 Å². The van der Waals surface area contributed by atoms with E-state index in [9.17, 15) is 24.3 Å². The molecule has 0 saturated heterocycles. The number of benzene rings is 1. The topological polar surface area (TPSA) is 161 Å². The summed E-state index contributed by atoms with van der Waals surface area (Å²) < 4.78 is 27.0. The third-order valence-electron chi connectivity index (χ3n) is 7.05. The van der Waals surface area contributed by atoms with Gasteiger partial charge in [-0.15, -0.1) is 0 Å². The molecule has 1 aromatic rings. The lowest BCUT2D eigenvalue weighted by Crippen LogP contribution is -2.38. The van der Waals surface area contributed by atoms with Gasteiger partial charge in [0.15, 0.2) is 11.5 Å². The minimum absolute atomic E-state index is 0.0688. The Hall–Kier alpha value is -3.34. The fraction of sp³-hybridized carbons (Fsp3) is 0.667. The second kappa shape index (κ2) is 15.6. The lowest BCUT2D eigenvalue weighted by molar-refractivity contribution is -0.149. The summed E-state index contributed by atoms with van der Waals surface area (Å²) in [7, 11) is 0. The molecule has 3 N–H and O–H groups in total. The number of hydrogen-bond donors (Lipinski definition) is 2. The number of ether oxygens (including phenoxy) is 5. The standard InChI is InChI=1S/C30H47NO10/c1-10-18(4)15-24(32)37-19(5)16-21(25(31)26(33)34)20-13-14-22(38-27(35)40-29(6,7)11-2)23(17-20)39-28(36)41-30(8,9)12-3/h13-14,17-19,21,25H,10-12,15-16,31H2,1-9H3,(H,33,34)/t18?,19?,21?,25-/m0/s1. The van der Waals surface area contributed by atoms with Gasteiger partial charge in [-0.05, 0) is 77.5 Å². The van der Waals surface area contributed by atoms with Crippen LogP contribution in [0.2, 0.25) is 0 Å². The summed E-state index contributed by atoms with van der Waals surface area (Å²) >= 11 is 0. The molecule has 1 aromatic carbocycles. The van der Waals surface area contributed by atoms with Gasteiger partial charge in [-0.1, -0.05) is 40.2 Å². The van der Waals surface area contributed by atoms with Crippen LogP contribution in [-0.4, -0.2) is 52.7 Å². The first-order chi connectivity index (χ1) is 18.9. The Kier molecular flexibility index (Phi) is 13.6. The van der Waals surface area contributed by atoms with Gasteiger partial charge >= 0.3 is 24.2 Å². The zero-order chi connectivity index (χ0) is 31.5. The molecule has 0 radical (unpaired) electrons. The second-order valence-corrected chi connectivity index (χ2v) is 11.6. The van der Waals surface area contributed by atoms with Crippen molar-refractivity contribution in [3.63, 3.8) is 0 Å². The molecule has 232 valence electrons. The molecule has 0 amide bonds. The predicted octanol–water partition coefficient (Wildman–Crippen LogP) is 6.35. The van der Waals surface area contributed by atoms with E-state index in [4.69, 9.17) is 29.4 Å². The number of carbonyl (C=O) groups excluding carboxylic acids is 3. The molecule has 0 aliphatic rings. The molecule has 0 fully saturated rings. The van der Waals surface area contributed by atoms with E-state index in [0.717, 1.165) is 6.42 Å². The summed E-state index contributed by atoms with van der Waals surface area (Å²) in [5.41, 5.74) is 4.78. The Bertz CT molecular complexity index is 1050. The number of nitrogens with two attached hydrogens (primary N) is 1. The Morgan fingerprint density at radius 3 is 1.85 bits per heavy atom. The van der Waals surface area contributed by atoms with E-state index >= 15 is 0 Å². The summed E-state index contributed by atoms with van der Waals surface area (Å²) in [6.45, 7) is 16.1. The molecule has 0 bridgehead atoms. The maximum absolute atomic E-state index is 12.6. The number of carbonyl (C=O) groups is 4. The van der Waals surface area contributed by atoms with E-state index in [-0.39, 0.29) is 30.3 Å². The van der Waals surface area contributed by atoms with E-state index in [2.05, 4.69) is 0 Å². The normalized spacial score (nSPS) is 14.7. The summed E-state index contributed by atoms with van der Waals surface area (Å²) in [5, 5.41) is 9.71. The van der Waals surface area contributed by atoms with E-state index < -0.39 is 53.5 Å². The Labute approximate surface area is 243 Å². The minimum Gasteiger partial charge on any atom is -0.480 e. The smallest absolute Gasteiger partial charge is 0.480 e. The largest absolute Gasteiger partial charge is 0.514 e. The Morgan fingerprint density at radius 2 is 1.39 bits per heavy atom. The summed E-state index contributed by atoms with van der Waals surface area (Å²) in [6.07, 6.45) is -0.575. The molecule has 0 saturated carbocycles. The van der Waals surface area contributed by atoms with Gasteiger partial charge in [0.1, 0.15) is 17.2 Å². The molecular formula is C30H47NO10. The highest BCUT2D eigenvalue weighted by molar-refractivity contribution is 5.75. The van der Waals surface area contributed by atoms with Crippen LogP contribution in [0.1, 0.15) is 106 Å². The zero-order valence-corrected chi connectivity index (χ0v) is 25.8. The predicted molar refractivity (Wildman–Crippen MR) is 152 cm³/mol. The molecule has 0 aliphatic heterocycles. The van der Waals surface area contributed by atoms with Crippen molar-refractivity contribution in [3.05, 3.63) is 23.8 Å². The van der Waals surface area contributed by atoms with Crippen molar-refractivity contribution in [3.8, 4) is 11.5 Å². The maximum Gasteiger partial charge on any atom is 0.514 e. The number of carboxylic acids is 1. The first-order valence-corrected chi connectivity index (χ1v) is 14.1. The van der Waals surface area contributed by atoms with Crippen LogP contribution in [0.15, 0.2) is 18.2 Å². The van der Waals surface area contributed by atoms with Gasteiger partial charge in [0.25, 0.3) is 0 Å². The molecule has 11 heteroatoms. The highest BCUT2D eigenvalue weighted by atomic mass is 16.8. The molecule has 0 aliphatic carbocycles. The molecule has 0 aromatic heterocycles. The first-order valence-electron chi connectivity index (χ1n) is 14.1. The van der Waals surface area contributed by atoms with E-state index in [1.807, 2.05) is 27.7 Å². The molecule has 3 unspecified atom stereocenters. The minimum atomic E-state index is -1.38. The van der Waals surface area contributed by atoms with Crippen LogP contribution in [0.4, 0.5) is 9.59 Å². The van der Waals surface area contributed by atoms with E-state index in [0.29, 0.717) is 18.4 Å². The van der Waals surface area contributed by atoms with Crippen LogP contribution < -0.4 is 15.2 Å². The van der Waals surface area contributed by atoms with Gasteiger partial charge in [-0.3, -0.25) is 9.59 Å². The number of aliphatic carboxylic acids is 1. The average molecular weight is 582 g/mol. The zero-order valence-electron chi connectivity index (χ0n) is 25.8. The van der Waals surface area contributed by atoms with Gasteiger partial charge in [0, 0.05) is 12.3 Å². The van der Waals surface area contributed by atoms with Crippen LogP contribution in [0, 0.1) is 5.92 Å². The van der Waals surface area contributed by atoms with Gasteiger partial charge in [0.05, 0.1) is 6.10 Å². The molecule has 0 spiro atoms. The van der Waals surface area contributed by atoms with Gasteiger partial charge in [-0.25, -0.2) is 9.59 Å². The van der Waals surface area contributed by atoms with Crippen LogP contribution >= 0.6 is 0 Å². The fourth-order valence-corrected chi connectivity index (χ4v) is 3.51. The number of hydrogen-bond acceptors (Lipinski definition) is 10. The number of esters is 1. The van der Waals surface area contributed by atoms with Gasteiger partial charge in [0.2, 0.25) is 0 Å². The van der Waals surface area contributed by atoms with E-state index in [1.54, 1.807) is 34.6 Å². The van der Waals surface area contributed by atoms with Crippen molar-refractivity contribution < 1.29 is 48.0 Å². The molecule has 1 rings (SSSR count). The third-order valence-corrected chi connectivity index (χ3v) is 7.05. The van der Waals surface area contributed by atoms with Crippen molar-refractivity contribution in [1.82, 2.24) is 0 Å². The van der Waals surface area contributed by atoms with Crippen molar-refractivity contribution in [2.24, 2.45) is 11.7 Å². The molecule has 41 heavy (non-hydrogen) atoms. The average Bonchev–Trinajstić information content (AvgIpc) is 2.86. The van der Waals surface area contributed by atoms with Crippen molar-refractivity contribution in [1.29, 1.82) is 0 Å². The number of carboxylic acid groups (broad SMARTS) is 1. The Morgan fingerprint density at radius 1 is 0.878 bits per heavy atom. The van der Waals surface area contributed by atoms with Gasteiger partial charge in [-0.2, -0.15) is 0 Å². The quantitative estimate of drug-likeness (QED) is 0.135. The van der Waals surface area contributed by atoms with Crippen molar-refractivity contribution >= 4 is 24.2 Å². The van der Waals surface area contributed by atoms with Gasteiger partial charge < -0.3 is 34.5 Å². The maximum atomic E-state index is 12.6.